The molecule has 0 bridgehead atoms. The van der Waals surface area contributed by atoms with Crippen molar-refractivity contribution < 1.29 is 4.79 Å². The predicted molar refractivity (Wildman–Crippen MR) is 92.4 cm³/mol. The molecule has 6 nitrogen and oxygen atoms in total. The molecular weight excluding hydrogens is 302 g/mol. The Morgan fingerprint density at radius 2 is 1.83 bits per heavy atom. The molecule has 1 atom stereocenters. The number of amides is 1. The van der Waals surface area contributed by atoms with Crippen molar-refractivity contribution in [2.45, 2.75) is 26.3 Å². The first-order valence-electron chi connectivity index (χ1n) is 7.92. The molecule has 0 aliphatic rings. The molecule has 0 spiro atoms. The zero-order chi connectivity index (χ0) is 16.9. The highest BCUT2D eigenvalue weighted by atomic mass is 16.2. The number of tetrazole rings is 1. The van der Waals surface area contributed by atoms with Gasteiger partial charge in [-0.3, -0.25) is 4.79 Å². The van der Waals surface area contributed by atoms with Gasteiger partial charge in [-0.15, -0.1) is 10.2 Å². The topological polar surface area (TPSA) is 72.7 Å². The van der Waals surface area contributed by atoms with E-state index in [-0.39, 0.29) is 5.91 Å². The number of rotatable bonds is 5. The van der Waals surface area contributed by atoms with Crippen molar-refractivity contribution >= 4 is 11.6 Å². The van der Waals surface area contributed by atoms with E-state index in [1.807, 2.05) is 54.6 Å². The van der Waals surface area contributed by atoms with Crippen LogP contribution in [0.5, 0.6) is 0 Å². The molecule has 1 amide bonds. The van der Waals surface area contributed by atoms with Gasteiger partial charge in [0.2, 0.25) is 5.82 Å². The molecule has 1 heterocycles. The molecule has 122 valence electrons. The Hall–Kier alpha value is -3.02. The molecule has 2 aromatic carbocycles. The molecule has 24 heavy (non-hydrogen) atoms. The van der Waals surface area contributed by atoms with E-state index >= 15 is 0 Å². The molecule has 0 aliphatic heterocycles. The van der Waals surface area contributed by atoms with Crippen LogP contribution < -0.4 is 5.32 Å². The summed E-state index contributed by atoms with van der Waals surface area (Å²) in [6.07, 6.45) is 0.968. The lowest BCUT2D eigenvalue weighted by Crippen LogP contribution is -2.25. The Morgan fingerprint density at radius 3 is 2.50 bits per heavy atom. The fourth-order valence-corrected chi connectivity index (χ4v) is 2.27. The minimum absolute atomic E-state index is 0.184. The normalized spacial score (nSPS) is 11.9. The van der Waals surface area contributed by atoms with Crippen LogP contribution in [0.25, 0.3) is 11.4 Å². The number of carbonyl (C=O) groups excluding carboxylic acids is 1. The van der Waals surface area contributed by atoms with Crippen molar-refractivity contribution in [3.05, 3.63) is 60.2 Å². The number of nitrogens with one attached hydrogen (secondary N) is 1. The second-order valence-corrected chi connectivity index (χ2v) is 5.52. The van der Waals surface area contributed by atoms with Gasteiger partial charge in [-0.05, 0) is 36.3 Å². The van der Waals surface area contributed by atoms with E-state index in [1.54, 1.807) is 6.92 Å². The summed E-state index contributed by atoms with van der Waals surface area (Å²) < 4.78 is 0. The second kappa shape index (κ2) is 7.04. The van der Waals surface area contributed by atoms with E-state index in [4.69, 9.17) is 0 Å². The number of hydrogen-bond acceptors (Lipinski definition) is 4. The van der Waals surface area contributed by atoms with Crippen molar-refractivity contribution in [2.75, 3.05) is 5.32 Å². The third kappa shape index (κ3) is 3.48. The van der Waals surface area contributed by atoms with Crippen LogP contribution in [0.1, 0.15) is 25.5 Å². The van der Waals surface area contributed by atoms with E-state index in [1.165, 1.54) is 10.4 Å². The molecule has 6 heteroatoms. The molecule has 0 saturated carbocycles. The highest BCUT2D eigenvalue weighted by molar-refractivity contribution is 5.93. The number of nitrogens with zero attached hydrogens (tertiary/aromatic N) is 4. The van der Waals surface area contributed by atoms with Crippen molar-refractivity contribution in [1.82, 2.24) is 20.2 Å². The van der Waals surface area contributed by atoms with Crippen LogP contribution in [0.4, 0.5) is 5.69 Å². The van der Waals surface area contributed by atoms with Crippen molar-refractivity contribution in [3.63, 3.8) is 0 Å². The van der Waals surface area contributed by atoms with Gasteiger partial charge < -0.3 is 5.32 Å². The molecule has 3 rings (SSSR count). The van der Waals surface area contributed by atoms with Gasteiger partial charge in [0.15, 0.2) is 0 Å². The average Bonchev–Trinajstić information content (AvgIpc) is 3.12. The zero-order valence-corrected chi connectivity index (χ0v) is 13.7. The number of hydrogen-bond donors (Lipinski definition) is 1. The van der Waals surface area contributed by atoms with Gasteiger partial charge in [0.1, 0.15) is 6.04 Å². The number of aryl methyl sites for hydroxylation is 1. The maximum Gasteiger partial charge on any atom is 0.250 e. The molecule has 1 N–H and O–H groups in total. The van der Waals surface area contributed by atoms with Crippen molar-refractivity contribution in [1.29, 1.82) is 0 Å². The SMILES string of the molecule is CCc1ccc(NC(=O)C(C)n2nnc(-c3ccccc3)n2)cc1. The summed E-state index contributed by atoms with van der Waals surface area (Å²) >= 11 is 0. The summed E-state index contributed by atoms with van der Waals surface area (Å²) in [6.45, 7) is 3.84. The van der Waals surface area contributed by atoms with E-state index in [0.717, 1.165) is 17.7 Å². The smallest absolute Gasteiger partial charge is 0.250 e. The van der Waals surface area contributed by atoms with Gasteiger partial charge in [0.05, 0.1) is 0 Å². The fourth-order valence-electron chi connectivity index (χ4n) is 2.27. The van der Waals surface area contributed by atoms with Crippen LogP contribution >= 0.6 is 0 Å². The quantitative estimate of drug-likeness (QED) is 0.783. The largest absolute Gasteiger partial charge is 0.324 e. The Bertz CT molecular complexity index is 811. The van der Waals surface area contributed by atoms with E-state index in [9.17, 15) is 4.79 Å². The minimum Gasteiger partial charge on any atom is -0.324 e. The predicted octanol–water partition coefficient (Wildman–Crippen LogP) is 3.10. The summed E-state index contributed by atoms with van der Waals surface area (Å²) in [6, 6.07) is 16.8. The van der Waals surface area contributed by atoms with Gasteiger partial charge in [-0.2, -0.15) is 4.80 Å². The molecule has 0 saturated heterocycles. The number of anilines is 1. The van der Waals surface area contributed by atoms with E-state index in [2.05, 4.69) is 27.7 Å². The monoisotopic (exact) mass is 321 g/mol. The third-order valence-electron chi connectivity index (χ3n) is 3.82. The second-order valence-electron chi connectivity index (χ2n) is 5.52. The van der Waals surface area contributed by atoms with E-state index < -0.39 is 6.04 Å². The van der Waals surface area contributed by atoms with Crippen LogP contribution in [0.2, 0.25) is 0 Å². The Kier molecular flexibility index (Phi) is 4.65. The lowest BCUT2D eigenvalue weighted by molar-refractivity contribution is -0.119. The number of carbonyl (C=O) groups is 1. The molecular formula is C18H19N5O. The number of aromatic nitrogens is 4. The van der Waals surface area contributed by atoms with Gasteiger partial charge in [0, 0.05) is 11.3 Å². The van der Waals surface area contributed by atoms with Crippen molar-refractivity contribution in [3.8, 4) is 11.4 Å². The van der Waals surface area contributed by atoms with Crippen LogP contribution in [0.15, 0.2) is 54.6 Å². The Balaban J connectivity index is 1.70. The van der Waals surface area contributed by atoms with E-state index in [0.29, 0.717) is 5.82 Å². The van der Waals surface area contributed by atoms with Crippen LogP contribution in [0, 0.1) is 0 Å². The van der Waals surface area contributed by atoms with Gasteiger partial charge in [-0.1, -0.05) is 49.4 Å². The van der Waals surface area contributed by atoms with Crippen molar-refractivity contribution in [2.24, 2.45) is 0 Å². The summed E-state index contributed by atoms with van der Waals surface area (Å²) in [5, 5.41) is 15.2. The summed E-state index contributed by atoms with van der Waals surface area (Å²) in [5.74, 6) is 0.318. The van der Waals surface area contributed by atoms with Gasteiger partial charge in [-0.25, -0.2) is 0 Å². The first kappa shape index (κ1) is 15.9. The highest BCUT2D eigenvalue weighted by Gasteiger charge is 2.18. The van der Waals surface area contributed by atoms with Crippen LogP contribution in [0.3, 0.4) is 0 Å². The number of benzene rings is 2. The maximum absolute atomic E-state index is 12.4. The summed E-state index contributed by atoms with van der Waals surface area (Å²) in [5.41, 5.74) is 2.85. The molecule has 0 fully saturated rings. The lowest BCUT2D eigenvalue weighted by atomic mass is 10.1. The fraction of sp³-hybridized carbons (Fsp3) is 0.222. The van der Waals surface area contributed by atoms with Crippen LogP contribution in [-0.2, 0) is 11.2 Å². The van der Waals surface area contributed by atoms with Crippen LogP contribution in [-0.4, -0.2) is 26.1 Å². The first-order chi connectivity index (χ1) is 11.7. The van der Waals surface area contributed by atoms with Gasteiger partial charge >= 0.3 is 0 Å². The highest BCUT2D eigenvalue weighted by Crippen LogP contribution is 2.15. The summed E-state index contributed by atoms with van der Waals surface area (Å²) in [7, 11) is 0. The standard InChI is InChI=1S/C18H19N5O/c1-3-14-9-11-16(12-10-14)19-18(24)13(2)23-21-17(20-22-23)15-7-5-4-6-8-15/h4-13H,3H2,1-2H3,(H,19,24). The van der Waals surface area contributed by atoms with Gasteiger partial charge in [0.25, 0.3) is 5.91 Å². The molecule has 3 aromatic rings. The molecule has 0 aliphatic carbocycles. The maximum atomic E-state index is 12.4. The average molecular weight is 321 g/mol. The Morgan fingerprint density at radius 1 is 1.12 bits per heavy atom. The third-order valence-corrected chi connectivity index (χ3v) is 3.82. The lowest BCUT2D eigenvalue weighted by Gasteiger charge is -2.11. The first-order valence-corrected chi connectivity index (χ1v) is 7.92. The molecule has 1 unspecified atom stereocenters. The Labute approximate surface area is 140 Å². The molecule has 0 radical (unpaired) electrons. The zero-order valence-electron chi connectivity index (χ0n) is 13.7. The summed E-state index contributed by atoms with van der Waals surface area (Å²) in [4.78, 5) is 13.7. The molecule has 1 aromatic heterocycles. The minimum atomic E-state index is -0.555.